The second-order valence-corrected chi connectivity index (χ2v) is 7.43. The molecule has 27 heavy (non-hydrogen) atoms. The molecule has 1 aromatic carbocycles. The third-order valence-corrected chi connectivity index (χ3v) is 5.60. The van der Waals surface area contributed by atoms with Gasteiger partial charge in [-0.15, -0.1) is 11.3 Å². The van der Waals surface area contributed by atoms with Gasteiger partial charge in [0.05, 0.1) is 5.69 Å². The average Bonchev–Trinajstić information content (AvgIpc) is 3.40. The van der Waals surface area contributed by atoms with E-state index in [1.807, 2.05) is 5.38 Å². The lowest BCUT2D eigenvalue weighted by Crippen LogP contribution is -2.40. The molecule has 0 spiro atoms. The number of nitrogens with one attached hydrogen (secondary N) is 1. The highest BCUT2D eigenvalue weighted by Gasteiger charge is 2.27. The molecule has 3 heterocycles. The van der Waals surface area contributed by atoms with Crippen LogP contribution in [-0.4, -0.2) is 39.8 Å². The summed E-state index contributed by atoms with van der Waals surface area (Å²) in [7, 11) is 1.74. The van der Waals surface area contributed by atoms with E-state index in [1.165, 1.54) is 12.1 Å². The summed E-state index contributed by atoms with van der Waals surface area (Å²) in [4.78, 5) is 19.3. The van der Waals surface area contributed by atoms with Gasteiger partial charge in [-0.25, -0.2) is 9.37 Å². The zero-order chi connectivity index (χ0) is 18.8. The molecular weight excluding hydrogens is 365 g/mol. The second-order valence-electron chi connectivity index (χ2n) is 6.56. The van der Waals surface area contributed by atoms with Crippen LogP contribution in [0.2, 0.25) is 0 Å². The molecule has 1 N–H and O–H groups in total. The number of halogens is 1. The quantitative estimate of drug-likeness (QED) is 0.733. The molecule has 3 aromatic rings. The fourth-order valence-corrected chi connectivity index (χ4v) is 4.14. The number of rotatable bonds is 5. The van der Waals surface area contributed by atoms with Crippen LogP contribution in [-0.2, 0) is 7.05 Å². The molecule has 1 fully saturated rings. The first-order valence-corrected chi connectivity index (χ1v) is 9.74. The Kier molecular flexibility index (Phi) is 4.89. The Labute approximate surface area is 160 Å². The SMILES string of the molecule is Cn1nc(-c2ccc(F)cc2)cc1C(=O)NCC1CCCN1c1nccs1. The summed E-state index contributed by atoms with van der Waals surface area (Å²) in [5, 5.41) is 10.4. The Hall–Kier alpha value is -2.74. The minimum absolute atomic E-state index is 0.163. The fourth-order valence-electron chi connectivity index (χ4n) is 3.40. The van der Waals surface area contributed by atoms with Gasteiger partial charge in [-0.2, -0.15) is 5.10 Å². The van der Waals surface area contributed by atoms with Gasteiger partial charge in [0.1, 0.15) is 11.5 Å². The third kappa shape index (κ3) is 3.71. The summed E-state index contributed by atoms with van der Waals surface area (Å²) >= 11 is 1.62. The molecule has 6 nitrogen and oxygen atoms in total. The maximum absolute atomic E-state index is 13.1. The second kappa shape index (κ2) is 7.48. The molecule has 0 saturated carbocycles. The van der Waals surface area contributed by atoms with Crippen LogP contribution >= 0.6 is 11.3 Å². The van der Waals surface area contributed by atoms with Crippen LogP contribution in [0.15, 0.2) is 41.9 Å². The van der Waals surface area contributed by atoms with E-state index >= 15 is 0 Å². The Morgan fingerprint density at radius 3 is 2.93 bits per heavy atom. The lowest BCUT2D eigenvalue weighted by atomic mass is 10.1. The number of carbonyl (C=O) groups excluding carboxylic acids is 1. The van der Waals surface area contributed by atoms with Gasteiger partial charge >= 0.3 is 0 Å². The minimum atomic E-state index is -0.297. The lowest BCUT2D eigenvalue weighted by molar-refractivity contribution is 0.0942. The van der Waals surface area contributed by atoms with Crippen molar-refractivity contribution < 1.29 is 9.18 Å². The van der Waals surface area contributed by atoms with Crippen molar-refractivity contribution >= 4 is 22.4 Å². The number of anilines is 1. The smallest absolute Gasteiger partial charge is 0.269 e. The Balaban J connectivity index is 1.43. The number of hydrogen-bond acceptors (Lipinski definition) is 5. The summed E-state index contributed by atoms with van der Waals surface area (Å²) in [5.74, 6) is -0.460. The van der Waals surface area contributed by atoms with Gasteiger partial charge in [-0.05, 0) is 43.2 Å². The maximum Gasteiger partial charge on any atom is 0.269 e. The van der Waals surface area contributed by atoms with Gasteiger partial charge in [0.15, 0.2) is 5.13 Å². The van der Waals surface area contributed by atoms with Gasteiger partial charge in [0.2, 0.25) is 0 Å². The molecule has 4 rings (SSSR count). The van der Waals surface area contributed by atoms with E-state index in [0.717, 1.165) is 30.1 Å². The highest BCUT2D eigenvalue weighted by Crippen LogP contribution is 2.27. The highest BCUT2D eigenvalue weighted by molar-refractivity contribution is 7.13. The zero-order valence-electron chi connectivity index (χ0n) is 14.9. The van der Waals surface area contributed by atoms with Crippen molar-refractivity contribution in [1.29, 1.82) is 0 Å². The Morgan fingerprint density at radius 2 is 2.19 bits per heavy atom. The standard InChI is InChI=1S/C19H20FN5OS/c1-24-17(11-16(23-24)13-4-6-14(20)7-5-13)18(26)22-12-15-3-2-9-25(15)19-21-8-10-27-19/h4-8,10-11,15H,2-3,9,12H2,1H3,(H,22,26). The average molecular weight is 385 g/mol. The van der Waals surface area contributed by atoms with E-state index in [4.69, 9.17) is 0 Å². The highest BCUT2D eigenvalue weighted by atomic mass is 32.1. The molecule has 2 aromatic heterocycles. The molecule has 1 aliphatic heterocycles. The molecule has 0 aliphatic carbocycles. The lowest BCUT2D eigenvalue weighted by Gasteiger charge is -2.24. The molecule has 8 heteroatoms. The van der Waals surface area contributed by atoms with Crippen molar-refractivity contribution in [3.63, 3.8) is 0 Å². The molecule has 1 aliphatic rings. The van der Waals surface area contributed by atoms with Gasteiger partial charge < -0.3 is 10.2 Å². The first kappa shape index (κ1) is 17.7. The van der Waals surface area contributed by atoms with Gasteiger partial charge in [0.25, 0.3) is 5.91 Å². The topological polar surface area (TPSA) is 63.1 Å². The summed E-state index contributed by atoms with van der Waals surface area (Å²) in [6, 6.07) is 8.07. The Bertz CT molecular complexity index is 922. The summed E-state index contributed by atoms with van der Waals surface area (Å²) in [6.45, 7) is 1.53. The van der Waals surface area contributed by atoms with Crippen molar-refractivity contribution in [3.8, 4) is 11.3 Å². The zero-order valence-corrected chi connectivity index (χ0v) is 15.7. The molecule has 1 unspecified atom stereocenters. The molecule has 1 atom stereocenters. The van der Waals surface area contributed by atoms with Gasteiger partial charge in [0, 0.05) is 43.3 Å². The molecule has 1 amide bonds. The predicted molar refractivity (Wildman–Crippen MR) is 103 cm³/mol. The molecule has 140 valence electrons. The molecule has 0 bridgehead atoms. The van der Waals surface area contributed by atoms with Crippen LogP contribution in [0.3, 0.4) is 0 Å². The van der Waals surface area contributed by atoms with Crippen LogP contribution in [0, 0.1) is 5.82 Å². The van der Waals surface area contributed by atoms with Crippen LogP contribution in [0.5, 0.6) is 0 Å². The summed E-state index contributed by atoms with van der Waals surface area (Å²) in [5.41, 5.74) is 1.90. The first-order valence-electron chi connectivity index (χ1n) is 8.86. The van der Waals surface area contributed by atoms with Crippen LogP contribution < -0.4 is 10.2 Å². The largest absolute Gasteiger partial charge is 0.349 e. The number of thiazole rings is 1. The summed E-state index contributed by atoms with van der Waals surface area (Å²) in [6.07, 6.45) is 3.94. The monoisotopic (exact) mass is 385 g/mol. The number of aryl methyl sites for hydroxylation is 1. The number of benzene rings is 1. The van der Waals surface area contributed by atoms with E-state index < -0.39 is 0 Å². The number of nitrogens with zero attached hydrogens (tertiary/aromatic N) is 4. The number of carbonyl (C=O) groups is 1. The van der Waals surface area contributed by atoms with Crippen LogP contribution in [0.4, 0.5) is 9.52 Å². The summed E-state index contributed by atoms with van der Waals surface area (Å²) < 4.78 is 14.7. The number of aromatic nitrogens is 3. The van der Waals surface area contributed by atoms with Gasteiger partial charge in [-0.3, -0.25) is 9.48 Å². The van der Waals surface area contributed by atoms with E-state index in [9.17, 15) is 9.18 Å². The normalized spacial score (nSPS) is 16.7. The van der Waals surface area contributed by atoms with Crippen molar-refractivity contribution in [2.75, 3.05) is 18.0 Å². The first-order chi connectivity index (χ1) is 13.1. The van der Waals surface area contributed by atoms with E-state index in [0.29, 0.717) is 17.9 Å². The Morgan fingerprint density at radius 1 is 1.37 bits per heavy atom. The number of hydrogen-bond donors (Lipinski definition) is 1. The fraction of sp³-hybridized carbons (Fsp3) is 0.316. The van der Waals surface area contributed by atoms with Crippen LogP contribution in [0.1, 0.15) is 23.3 Å². The van der Waals surface area contributed by atoms with E-state index in [2.05, 4.69) is 20.3 Å². The van der Waals surface area contributed by atoms with Crippen molar-refractivity contribution in [2.45, 2.75) is 18.9 Å². The third-order valence-electron chi connectivity index (χ3n) is 4.79. The molecule has 1 saturated heterocycles. The maximum atomic E-state index is 13.1. The molecule has 0 radical (unpaired) electrons. The number of amides is 1. The van der Waals surface area contributed by atoms with Gasteiger partial charge in [-0.1, -0.05) is 0 Å². The van der Waals surface area contributed by atoms with E-state index in [-0.39, 0.29) is 17.8 Å². The van der Waals surface area contributed by atoms with Crippen molar-refractivity contribution in [1.82, 2.24) is 20.1 Å². The minimum Gasteiger partial charge on any atom is -0.349 e. The predicted octanol–water partition coefficient (Wildman–Crippen LogP) is 3.08. The van der Waals surface area contributed by atoms with E-state index in [1.54, 1.807) is 47.5 Å². The van der Waals surface area contributed by atoms with Crippen molar-refractivity contribution in [3.05, 3.63) is 53.4 Å². The molecular formula is C19H20FN5OS. The van der Waals surface area contributed by atoms with Crippen molar-refractivity contribution in [2.24, 2.45) is 7.05 Å². The van der Waals surface area contributed by atoms with Crippen LogP contribution in [0.25, 0.3) is 11.3 Å².